The summed E-state index contributed by atoms with van der Waals surface area (Å²) >= 11 is 0. The van der Waals surface area contributed by atoms with Gasteiger partial charge in [0.15, 0.2) is 11.6 Å². The fourth-order valence-corrected chi connectivity index (χ4v) is 2.48. The first-order valence-corrected chi connectivity index (χ1v) is 7.84. The molecule has 26 heavy (non-hydrogen) atoms. The van der Waals surface area contributed by atoms with Crippen LogP contribution in [0.2, 0.25) is 0 Å². The number of nitrogens with zero attached hydrogens (tertiary/aromatic N) is 5. The zero-order chi connectivity index (χ0) is 17.9. The number of pyridine rings is 2. The number of aryl methyl sites for hydroxylation is 1. The second kappa shape index (κ2) is 6.60. The summed E-state index contributed by atoms with van der Waals surface area (Å²) in [5.74, 6) is 1.02. The maximum Gasteiger partial charge on any atom is 0.257 e. The molecule has 0 spiro atoms. The summed E-state index contributed by atoms with van der Waals surface area (Å²) in [6.45, 7) is 1.79. The lowest BCUT2D eigenvalue weighted by atomic mass is 10.1. The molecule has 4 rings (SSSR count). The van der Waals surface area contributed by atoms with Crippen molar-refractivity contribution >= 4 is 11.6 Å². The van der Waals surface area contributed by atoms with E-state index in [2.05, 4.69) is 25.4 Å². The SMILES string of the molecule is Cc1nc(-c2ccco2)ccc1C(=O)Nc1ccc(-n2cncn2)nc1. The third kappa shape index (κ3) is 3.07. The Labute approximate surface area is 148 Å². The molecule has 0 unspecified atom stereocenters. The number of carbonyl (C=O) groups is 1. The van der Waals surface area contributed by atoms with Gasteiger partial charge < -0.3 is 9.73 Å². The van der Waals surface area contributed by atoms with Crippen molar-refractivity contribution in [2.75, 3.05) is 5.32 Å². The highest BCUT2D eigenvalue weighted by Gasteiger charge is 2.13. The Bertz CT molecular complexity index is 1020. The van der Waals surface area contributed by atoms with Crippen LogP contribution in [-0.4, -0.2) is 30.6 Å². The molecule has 128 valence electrons. The predicted molar refractivity (Wildman–Crippen MR) is 93.8 cm³/mol. The van der Waals surface area contributed by atoms with Crippen LogP contribution in [-0.2, 0) is 0 Å². The van der Waals surface area contributed by atoms with Gasteiger partial charge in [-0.1, -0.05) is 0 Å². The lowest BCUT2D eigenvalue weighted by Gasteiger charge is -2.08. The molecule has 4 aromatic rings. The first-order valence-electron chi connectivity index (χ1n) is 7.84. The lowest BCUT2D eigenvalue weighted by molar-refractivity contribution is 0.102. The highest BCUT2D eigenvalue weighted by molar-refractivity contribution is 6.05. The fraction of sp³-hybridized carbons (Fsp3) is 0.0556. The Kier molecular flexibility index (Phi) is 3.98. The van der Waals surface area contributed by atoms with Crippen LogP contribution in [0, 0.1) is 6.92 Å². The number of anilines is 1. The number of amides is 1. The second-order valence-corrected chi connectivity index (χ2v) is 5.51. The van der Waals surface area contributed by atoms with Crippen molar-refractivity contribution < 1.29 is 9.21 Å². The Morgan fingerprint density at radius 3 is 2.77 bits per heavy atom. The zero-order valence-corrected chi connectivity index (χ0v) is 13.8. The summed E-state index contributed by atoms with van der Waals surface area (Å²) in [5, 5.41) is 6.82. The number of nitrogens with one attached hydrogen (secondary N) is 1. The van der Waals surface area contributed by atoms with Gasteiger partial charge in [-0.05, 0) is 43.3 Å². The van der Waals surface area contributed by atoms with Gasteiger partial charge in [-0.15, -0.1) is 0 Å². The molecule has 0 aliphatic rings. The van der Waals surface area contributed by atoms with Crippen LogP contribution in [0.15, 0.2) is 65.9 Å². The third-order valence-corrected chi connectivity index (χ3v) is 3.76. The summed E-state index contributed by atoms with van der Waals surface area (Å²) in [4.78, 5) is 25.1. The predicted octanol–water partition coefficient (Wildman–Crippen LogP) is 2.88. The molecule has 0 fully saturated rings. The average Bonchev–Trinajstić information content (AvgIpc) is 3.36. The van der Waals surface area contributed by atoms with E-state index in [9.17, 15) is 4.79 Å². The quantitative estimate of drug-likeness (QED) is 0.610. The smallest absolute Gasteiger partial charge is 0.257 e. The third-order valence-electron chi connectivity index (χ3n) is 3.76. The van der Waals surface area contributed by atoms with Crippen LogP contribution in [0.25, 0.3) is 17.3 Å². The lowest BCUT2D eigenvalue weighted by Crippen LogP contribution is -2.14. The van der Waals surface area contributed by atoms with E-state index >= 15 is 0 Å². The molecule has 0 atom stereocenters. The number of hydrogen-bond acceptors (Lipinski definition) is 6. The van der Waals surface area contributed by atoms with Crippen molar-refractivity contribution in [2.45, 2.75) is 6.92 Å². The highest BCUT2D eigenvalue weighted by Crippen LogP contribution is 2.20. The van der Waals surface area contributed by atoms with E-state index in [-0.39, 0.29) is 5.91 Å². The number of carbonyl (C=O) groups excluding carboxylic acids is 1. The molecule has 1 amide bonds. The fourth-order valence-electron chi connectivity index (χ4n) is 2.48. The minimum atomic E-state index is -0.253. The van der Waals surface area contributed by atoms with Gasteiger partial charge in [0.1, 0.15) is 18.3 Å². The molecule has 0 radical (unpaired) electrons. The van der Waals surface area contributed by atoms with E-state index in [4.69, 9.17) is 4.42 Å². The maximum absolute atomic E-state index is 12.5. The van der Waals surface area contributed by atoms with Crippen LogP contribution in [0.4, 0.5) is 5.69 Å². The normalized spacial score (nSPS) is 10.7. The molecular weight excluding hydrogens is 332 g/mol. The van der Waals surface area contributed by atoms with Gasteiger partial charge in [0.25, 0.3) is 5.91 Å². The molecule has 0 saturated heterocycles. The van der Waals surface area contributed by atoms with Crippen molar-refractivity contribution in [3.05, 3.63) is 72.8 Å². The average molecular weight is 346 g/mol. The summed E-state index contributed by atoms with van der Waals surface area (Å²) in [5.41, 5.74) is 2.36. The monoisotopic (exact) mass is 346 g/mol. The van der Waals surface area contributed by atoms with Crippen LogP contribution in [0.1, 0.15) is 16.1 Å². The first-order chi connectivity index (χ1) is 12.7. The van der Waals surface area contributed by atoms with Crippen molar-refractivity contribution in [3.8, 4) is 17.3 Å². The topological polar surface area (TPSA) is 98.7 Å². The van der Waals surface area contributed by atoms with Crippen LogP contribution >= 0.6 is 0 Å². The van der Waals surface area contributed by atoms with Gasteiger partial charge in [-0.2, -0.15) is 5.10 Å². The van der Waals surface area contributed by atoms with Crippen molar-refractivity contribution in [2.24, 2.45) is 0 Å². The van der Waals surface area contributed by atoms with Crippen LogP contribution < -0.4 is 5.32 Å². The van der Waals surface area contributed by atoms with Gasteiger partial charge >= 0.3 is 0 Å². The summed E-state index contributed by atoms with van der Waals surface area (Å²) in [6.07, 6.45) is 6.13. The number of hydrogen-bond donors (Lipinski definition) is 1. The molecule has 0 aromatic carbocycles. The van der Waals surface area contributed by atoms with Gasteiger partial charge in [-0.3, -0.25) is 4.79 Å². The van der Waals surface area contributed by atoms with E-state index in [0.29, 0.717) is 34.2 Å². The van der Waals surface area contributed by atoms with E-state index in [0.717, 1.165) is 0 Å². The largest absolute Gasteiger partial charge is 0.463 e. The van der Waals surface area contributed by atoms with Crippen molar-refractivity contribution in [1.82, 2.24) is 24.7 Å². The van der Waals surface area contributed by atoms with E-state index in [1.54, 1.807) is 56.0 Å². The van der Waals surface area contributed by atoms with Gasteiger partial charge in [0.05, 0.1) is 29.4 Å². The molecule has 0 aliphatic carbocycles. The van der Waals surface area contributed by atoms with E-state index < -0.39 is 0 Å². The van der Waals surface area contributed by atoms with Gasteiger partial charge in [-0.25, -0.2) is 19.6 Å². The number of rotatable bonds is 4. The molecule has 4 aromatic heterocycles. The Balaban J connectivity index is 1.51. The minimum absolute atomic E-state index is 0.253. The van der Waals surface area contributed by atoms with Crippen LogP contribution in [0.3, 0.4) is 0 Å². The Morgan fingerprint density at radius 1 is 1.19 bits per heavy atom. The molecule has 0 bridgehead atoms. The van der Waals surface area contributed by atoms with Gasteiger partial charge in [0.2, 0.25) is 0 Å². The minimum Gasteiger partial charge on any atom is -0.463 e. The number of aromatic nitrogens is 5. The molecular formula is C18H14N6O2. The van der Waals surface area contributed by atoms with Gasteiger partial charge in [0, 0.05) is 0 Å². The summed E-state index contributed by atoms with van der Waals surface area (Å²) in [6, 6.07) is 10.6. The first kappa shape index (κ1) is 15.7. The molecule has 1 N–H and O–H groups in total. The van der Waals surface area contributed by atoms with Crippen molar-refractivity contribution in [3.63, 3.8) is 0 Å². The molecule has 0 aliphatic heterocycles. The molecule has 0 saturated carbocycles. The summed E-state index contributed by atoms with van der Waals surface area (Å²) in [7, 11) is 0. The maximum atomic E-state index is 12.5. The van der Waals surface area contributed by atoms with Crippen molar-refractivity contribution in [1.29, 1.82) is 0 Å². The molecule has 8 heteroatoms. The Morgan fingerprint density at radius 2 is 2.12 bits per heavy atom. The standard InChI is InChI=1S/C18H14N6O2/c1-12-14(5-6-15(22-12)16-3-2-8-26-16)18(25)23-13-4-7-17(20-9-13)24-11-19-10-21-24/h2-11H,1H3,(H,23,25). The Hall–Kier alpha value is -3.81. The summed E-state index contributed by atoms with van der Waals surface area (Å²) < 4.78 is 6.86. The van der Waals surface area contributed by atoms with E-state index in [1.807, 2.05) is 6.07 Å². The molecule has 4 heterocycles. The number of furan rings is 1. The van der Waals surface area contributed by atoms with E-state index in [1.165, 1.54) is 11.0 Å². The second-order valence-electron chi connectivity index (χ2n) is 5.51. The highest BCUT2D eigenvalue weighted by atomic mass is 16.3. The molecule has 8 nitrogen and oxygen atoms in total. The zero-order valence-electron chi connectivity index (χ0n) is 13.8. The van der Waals surface area contributed by atoms with Crippen LogP contribution in [0.5, 0.6) is 0 Å².